The van der Waals surface area contributed by atoms with Crippen molar-refractivity contribution >= 4 is 28.5 Å². The van der Waals surface area contributed by atoms with Crippen LogP contribution in [0.3, 0.4) is 0 Å². The Balaban J connectivity index is 1.49. The fourth-order valence-corrected chi connectivity index (χ4v) is 4.15. The van der Waals surface area contributed by atoms with Crippen LogP contribution in [0.1, 0.15) is 29.2 Å². The molecule has 1 unspecified atom stereocenters. The highest BCUT2D eigenvalue weighted by Gasteiger charge is 2.32. The van der Waals surface area contributed by atoms with E-state index in [4.69, 9.17) is 9.84 Å². The average molecular weight is 433 g/mol. The fourth-order valence-electron chi connectivity index (χ4n) is 4.15. The molecule has 1 amide bonds. The Morgan fingerprint density at radius 1 is 0.909 bits per heavy atom. The van der Waals surface area contributed by atoms with Crippen molar-refractivity contribution in [2.45, 2.75) is 12.5 Å². The Labute approximate surface area is 193 Å². The maximum absolute atomic E-state index is 13.2. The number of hydrogen-bond donors (Lipinski definition) is 0. The topological polar surface area (TPSA) is 41.9 Å². The molecule has 0 bridgehead atoms. The number of fused-ring (bicyclic) bond motifs is 1. The van der Waals surface area contributed by atoms with Crippen molar-refractivity contribution < 1.29 is 9.53 Å². The molecule has 4 aromatic rings. The van der Waals surface area contributed by atoms with Crippen LogP contribution in [0.5, 0.6) is 5.75 Å². The molecule has 0 N–H and O–H groups in total. The maximum Gasteiger partial charge on any atom is 0.267 e. The zero-order chi connectivity index (χ0) is 22.6. The highest BCUT2D eigenvalue weighted by molar-refractivity contribution is 6.06. The molecule has 0 fully saturated rings. The van der Waals surface area contributed by atoms with Gasteiger partial charge in [-0.05, 0) is 51.7 Å². The SMILES string of the molecule is COc1ccc(C2CC(c3ccc4ccccc4c3)=NN2C(=O)C=Cc2ccccc2)cc1. The zero-order valence-corrected chi connectivity index (χ0v) is 18.4. The van der Waals surface area contributed by atoms with Crippen molar-refractivity contribution in [3.8, 4) is 5.75 Å². The Bertz CT molecular complexity index is 1340. The second-order valence-corrected chi connectivity index (χ2v) is 8.03. The molecular formula is C29H24N2O2. The van der Waals surface area contributed by atoms with Gasteiger partial charge in [0.25, 0.3) is 5.91 Å². The molecule has 33 heavy (non-hydrogen) atoms. The van der Waals surface area contributed by atoms with E-state index >= 15 is 0 Å². The quantitative estimate of drug-likeness (QED) is 0.350. The first kappa shape index (κ1) is 20.7. The van der Waals surface area contributed by atoms with Gasteiger partial charge in [0.1, 0.15) is 5.75 Å². The minimum Gasteiger partial charge on any atom is -0.497 e. The van der Waals surface area contributed by atoms with Crippen LogP contribution in [0.25, 0.3) is 16.8 Å². The van der Waals surface area contributed by atoms with Crippen LogP contribution in [0.15, 0.2) is 108 Å². The van der Waals surface area contributed by atoms with E-state index in [1.165, 1.54) is 5.39 Å². The lowest BCUT2D eigenvalue weighted by atomic mass is 9.97. The number of hydrazone groups is 1. The smallest absolute Gasteiger partial charge is 0.267 e. The average Bonchev–Trinajstić information content (AvgIpc) is 3.33. The molecule has 1 aliphatic rings. The van der Waals surface area contributed by atoms with Crippen molar-refractivity contribution in [3.63, 3.8) is 0 Å². The van der Waals surface area contributed by atoms with Gasteiger partial charge in [0.2, 0.25) is 0 Å². The third kappa shape index (κ3) is 4.41. The molecule has 5 rings (SSSR count). The number of hydrogen-bond acceptors (Lipinski definition) is 3. The van der Waals surface area contributed by atoms with Crippen molar-refractivity contribution in [2.75, 3.05) is 7.11 Å². The highest BCUT2D eigenvalue weighted by atomic mass is 16.5. The molecule has 0 saturated heterocycles. The monoisotopic (exact) mass is 432 g/mol. The van der Waals surface area contributed by atoms with Crippen LogP contribution >= 0.6 is 0 Å². The number of amides is 1. The summed E-state index contributed by atoms with van der Waals surface area (Å²) in [5.74, 6) is 0.643. The van der Waals surface area contributed by atoms with E-state index in [2.05, 4.69) is 30.3 Å². The first-order valence-corrected chi connectivity index (χ1v) is 11.0. The van der Waals surface area contributed by atoms with Crippen molar-refractivity contribution in [1.82, 2.24) is 5.01 Å². The minimum atomic E-state index is -0.176. The predicted molar refractivity (Wildman–Crippen MR) is 133 cm³/mol. The molecule has 1 heterocycles. The van der Waals surface area contributed by atoms with Gasteiger partial charge in [0.15, 0.2) is 0 Å². The normalized spacial score (nSPS) is 15.7. The van der Waals surface area contributed by atoms with Gasteiger partial charge in [-0.15, -0.1) is 0 Å². The standard InChI is InChI=1S/C29H24N2O2/c1-33-26-16-14-23(15-17-26)28-20-27(25-13-12-22-9-5-6-10-24(22)19-25)30-31(28)29(32)18-11-21-7-3-2-4-8-21/h2-19,28H,20H2,1H3. The highest BCUT2D eigenvalue weighted by Crippen LogP contribution is 2.34. The van der Waals surface area contributed by atoms with Crippen molar-refractivity contribution in [1.29, 1.82) is 0 Å². The van der Waals surface area contributed by atoms with Crippen LogP contribution in [0.2, 0.25) is 0 Å². The van der Waals surface area contributed by atoms with E-state index < -0.39 is 0 Å². The maximum atomic E-state index is 13.2. The fraction of sp³-hybridized carbons (Fsp3) is 0.103. The first-order chi connectivity index (χ1) is 16.2. The Kier molecular flexibility index (Phi) is 5.73. The molecule has 4 heteroatoms. The van der Waals surface area contributed by atoms with E-state index in [1.807, 2.05) is 72.8 Å². The van der Waals surface area contributed by atoms with Gasteiger partial charge < -0.3 is 4.74 Å². The van der Waals surface area contributed by atoms with Crippen molar-refractivity contribution in [3.05, 3.63) is 120 Å². The van der Waals surface area contributed by atoms with Crippen LogP contribution in [0, 0.1) is 0 Å². The predicted octanol–water partition coefficient (Wildman–Crippen LogP) is 6.24. The van der Waals surface area contributed by atoms with E-state index in [0.717, 1.165) is 33.5 Å². The van der Waals surface area contributed by atoms with Crippen LogP contribution in [-0.4, -0.2) is 23.7 Å². The summed E-state index contributed by atoms with van der Waals surface area (Å²) in [4.78, 5) is 13.2. The Hall–Kier alpha value is -4.18. The first-order valence-electron chi connectivity index (χ1n) is 11.0. The summed E-state index contributed by atoms with van der Waals surface area (Å²) in [7, 11) is 1.65. The molecule has 162 valence electrons. The summed E-state index contributed by atoms with van der Waals surface area (Å²) in [6.45, 7) is 0. The minimum absolute atomic E-state index is 0.143. The van der Waals surface area contributed by atoms with Crippen molar-refractivity contribution in [2.24, 2.45) is 5.10 Å². The van der Waals surface area contributed by atoms with Crippen LogP contribution < -0.4 is 4.74 Å². The second-order valence-electron chi connectivity index (χ2n) is 8.03. The van der Waals surface area contributed by atoms with Gasteiger partial charge in [-0.3, -0.25) is 4.79 Å². The summed E-state index contributed by atoms with van der Waals surface area (Å²) in [5, 5.41) is 8.74. The number of carbonyl (C=O) groups is 1. The number of ether oxygens (including phenoxy) is 1. The van der Waals surface area contributed by atoms with Gasteiger partial charge in [-0.25, -0.2) is 5.01 Å². The third-order valence-electron chi connectivity index (χ3n) is 5.94. The number of rotatable bonds is 5. The zero-order valence-electron chi connectivity index (χ0n) is 18.4. The molecule has 1 aliphatic heterocycles. The van der Waals surface area contributed by atoms with Crippen LogP contribution in [0.4, 0.5) is 0 Å². The molecule has 0 radical (unpaired) electrons. The van der Waals surface area contributed by atoms with E-state index in [-0.39, 0.29) is 11.9 Å². The summed E-state index contributed by atoms with van der Waals surface area (Å²) >= 11 is 0. The molecule has 0 spiro atoms. The second kappa shape index (κ2) is 9.13. The molecule has 1 atom stereocenters. The number of methoxy groups -OCH3 is 1. The van der Waals surface area contributed by atoms with Gasteiger partial charge in [0, 0.05) is 12.5 Å². The molecule has 0 saturated carbocycles. The lowest BCUT2D eigenvalue weighted by Gasteiger charge is -2.21. The molecule has 4 nitrogen and oxygen atoms in total. The Morgan fingerprint density at radius 2 is 1.64 bits per heavy atom. The number of carbonyl (C=O) groups excluding carboxylic acids is 1. The summed E-state index contributed by atoms with van der Waals surface area (Å²) in [6, 6.07) is 32.1. The molecule has 0 aliphatic carbocycles. The van der Waals surface area contributed by atoms with Gasteiger partial charge in [-0.1, -0.05) is 78.9 Å². The van der Waals surface area contributed by atoms with E-state index in [1.54, 1.807) is 18.2 Å². The molecule has 0 aromatic heterocycles. The number of nitrogens with zero attached hydrogens (tertiary/aromatic N) is 2. The lowest BCUT2D eigenvalue weighted by Crippen LogP contribution is -2.25. The molecular weight excluding hydrogens is 408 g/mol. The summed E-state index contributed by atoms with van der Waals surface area (Å²) in [5.41, 5.74) is 3.94. The lowest BCUT2D eigenvalue weighted by molar-refractivity contribution is -0.127. The summed E-state index contributed by atoms with van der Waals surface area (Å²) < 4.78 is 5.30. The number of benzene rings is 4. The molecule has 4 aromatic carbocycles. The van der Waals surface area contributed by atoms with E-state index in [9.17, 15) is 4.79 Å². The largest absolute Gasteiger partial charge is 0.497 e. The van der Waals surface area contributed by atoms with E-state index in [0.29, 0.717) is 6.42 Å². The van der Waals surface area contributed by atoms with Crippen LogP contribution in [-0.2, 0) is 4.79 Å². The van der Waals surface area contributed by atoms with Gasteiger partial charge in [-0.2, -0.15) is 5.10 Å². The summed E-state index contributed by atoms with van der Waals surface area (Å²) in [6.07, 6.45) is 4.07. The third-order valence-corrected chi connectivity index (χ3v) is 5.94. The van der Waals surface area contributed by atoms with Gasteiger partial charge in [0.05, 0.1) is 18.9 Å². The Morgan fingerprint density at radius 3 is 2.39 bits per heavy atom. The van der Waals surface area contributed by atoms with Gasteiger partial charge >= 0.3 is 0 Å².